The predicted molar refractivity (Wildman–Crippen MR) is 119 cm³/mol. The minimum absolute atomic E-state index is 0.0749. The zero-order valence-electron chi connectivity index (χ0n) is 16.5. The number of sulfonamides is 1. The van der Waals surface area contributed by atoms with Crippen molar-refractivity contribution in [3.63, 3.8) is 0 Å². The second kappa shape index (κ2) is 8.75. The van der Waals surface area contributed by atoms with E-state index in [1.54, 1.807) is 19.1 Å². The summed E-state index contributed by atoms with van der Waals surface area (Å²) in [7, 11) is -3.85. The molecule has 1 amide bonds. The fraction of sp³-hybridized carbons (Fsp3) is 0.0952. The van der Waals surface area contributed by atoms with Crippen molar-refractivity contribution in [2.24, 2.45) is 0 Å². The molecule has 160 valence electrons. The van der Waals surface area contributed by atoms with Gasteiger partial charge in [-0.25, -0.2) is 8.42 Å². The zero-order valence-corrected chi connectivity index (χ0v) is 18.1. The number of nitro benzene ring substituents is 1. The number of aryl methyl sites for hydroxylation is 1. The van der Waals surface area contributed by atoms with Crippen molar-refractivity contribution in [3.05, 3.63) is 92.5 Å². The van der Waals surface area contributed by atoms with Gasteiger partial charge in [0.2, 0.25) is 0 Å². The second-order valence-corrected chi connectivity index (χ2v) is 8.86. The number of halogens is 1. The molecule has 2 N–H and O–H groups in total. The first-order valence-corrected chi connectivity index (χ1v) is 10.9. The lowest BCUT2D eigenvalue weighted by molar-refractivity contribution is -0.384. The molecule has 0 aliphatic carbocycles. The highest BCUT2D eigenvalue weighted by atomic mass is 35.5. The third-order valence-electron chi connectivity index (χ3n) is 4.56. The number of nitrogens with zero attached hydrogens (tertiary/aromatic N) is 1. The quantitative estimate of drug-likeness (QED) is 0.400. The summed E-state index contributed by atoms with van der Waals surface area (Å²) in [6.45, 7) is 3.45. The predicted octanol–water partition coefficient (Wildman–Crippen LogP) is 4.92. The molecule has 0 spiro atoms. The molecule has 0 unspecified atom stereocenters. The van der Waals surface area contributed by atoms with Gasteiger partial charge >= 0.3 is 0 Å². The average molecular weight is 460 g/mol. The molecule has 3 aromatic carbocycles. The van der Waals surface area contributed by atoms with E-state index in [2.05, 4.69) is 10.0 Å². The van der Waals surface area contributed by atoms with Crippen molar-refractivity contribution in [2.75, 3.05) is 10.0 Å². The van der Waals surface area contributed by atoms with Gasteiger partial charge in [0.05, 0.1) is 26.2 Å². The summed E-state index contributed by atoms with van der Waals surface area (Å²) < 4.78 is 27.9. The maximum absolute atomic E-state index is 12.8. The van der Waals surface area contributed by atoms with Crippen molar-refractivity contribution >= 4 is 44.6 Å². The van der Waals surface area contributed by atoms with E-state index in [-0.39, 0.29) is 32.5 Å². The Bertz CT molecular complexity index is 1270. The van der Waals surface area contributed by atoms with Gasteiger partial charge in [-0.3, -0.25) is 19.6 Å². The van der Waals surface area contributed by atoms with Gasteiger partial charge in [-0.05, 0) is 49.7 Å². The first kappa shape index (κ1) is 22.3. The van der Waals surface area contributed by atoms with Gasteiger partial charge in [0.25, 0.3) is 21.6 Å². The Kier molecular flexibility index (Phi) is 6.28. The summed E-state index contributed by atoms with van der Waals surface area (Å²) in [6, 6.07) is 14.6. The second-order valence-electron chi connectivity index (χ2n) is 6.77. The highest BCUT2D eigenvalue weighted by Crippen LogP contribution is 2.28. The van der Waals surface area contributed by atoms with Crippen LogP contribution in [-0.2, 0) is 10.0 Å². The van der Waals surface area contributed by atoms with Gasteiger partial charge in [0.15, 0.2) is 0 Å². The van der Waals surface area contributed by atoms with E-state index >= 15 is 0 Å². The normalized spacial score (nSPS) is 11.1. The van der Waals surface area contributed by atoms with E-state index < -0.39 is 20.9 Å². The molecule has 3 aromatic rings. The Morgan fingerprint density at radius 3 is 2.32 bits per heavy atom. The van der Waals surface area contributed by atoms with E-state index in [4.69, 9.17) is 11.6 Å². The van der Waals surface area contributed by atoms with Gasteiger partial charge in [-0.2, -0.15) is 0 Å². The summed E-state index contributed by atoms with van der Waals surface area (Å²) in [6.07, 6.45) is 0. The van der Waals surface area contributed by atoms with Crippen molar-refractivity contribution in [1.29, 1.82) is 0 Å². The van der Waals surface area contributed by atoms with Crippen LogP contribution in [0.3, 0.4) is 0 Å². The van der Waals surface area contributed by atoms with Crippen LogP contribution in [0.5, 0.6) is 0 Å². The SMILES string of the molecule is Cc1ccc(S(=O)(=O)Nc2cccc(C(=O)Nc3cc([N+](=O)[O-])ccc3Cl)c2C)cc1. The number of nitrogens with one attached hydrogen (secondary N) is 2. The van der Waals surface area contributed by atoms with Crippen LogP contribution < -0.4 is 10.0 Å². The van der Waals surface area contributed by atoms with E-state index in [0.717, 1.165) is 11.6 Å². The van der Waals surface area contributed by atoms with E-state index in [1.807, 2.05) is 6.92 Å². The summed E-state index contributed by atoms with van der Waals surface area (Å²) in [5.74, 6) is -0.587. The molecule has 10 heteroatoms. The molecule has 0 saturated heterocycles. The van der Waals surface area contributed by atoms with Crippen LogP contribution in [-0.4, -0.2) is 19.2 Å². The first-order valence-electron chi connectivity index (χ1n) is 9.03. The number of hydrogen-bond donors (Lipinski definition) is 2. The van der Waals surface area contributed by atoms with Crippen molar-refractivity contribution in [3.8, 4) is 0 Å². The number of nitro groups is 1. The fourth-order valence-electron chi connectivity index (χ4n) is 2.83. The van der Waals surface area contributed by atoms with Gasteiger partial charge in [-0.15, -0.1) is 0 Å². The van der Waals surface area contributed by atoms with E-state index in [0.29, 0.717) is 5.56 Å². The van der Waals surface area contributed by atoms with Gasteiger partial charge in [-0.1, -0.05) is 35.4 Å². The zero-order chi connectivity index (χ0) is 22.8. The number of non-ortho nitro benzene ring substituents is 1. The maximum atomic E-state index is 12.8. The largest absolute Gasteiger partial charge is 0.320 e. The minimum Gasteiger partial charge on any atom is -0.320 e. The van der Waals surface area contributed by atoms with Crippen LogP contribution in [0.2, 0.25) is 5.02 Å². The summed E-state index contributed by atoms with van der Waals surface area (Å²) in [5, 5.41) is 13.6. The molecular formula is C21H18ClN3O5S. The number of rotatable bonds is 6. The lowest BCUT2D eigenvalue weighted by Gasteiger charge is -2.14. The Balaban J connectivity index is 1.88. The topological polar surface area (TPSA) is 118 Å². The Hall–Kier alpha value is -3.43. The summed E-state index contributed by atoms with van der Waals surface area (Å²) in [4.78, 5) is 23.2. The molecule has 31 heavy (non-hydrogen) atoms. The number of benzene rings is 3. The van der Waals surface area contributed by atoms with E-state index in [9.17, 15) is 23.3 Å². The summed E-state index contributed by atoms with van der Waals surface area (Å²) >= 11 is 6.04. The van der Waals surface area contributed by atoms with Gasteiger partial charge < -0.3 is 5.32 Å². The molecule has 0 fully saturated rings. The van der Waals surface area contributed by atoms with Crippen LogP contribution in [0, 0.1) is 24.0 Å². The first-order chi connectivity index (χ1) is 14.6. The number of carbonyl (C=O) groups excluding carboxylic acids is 1. The fourth-order valence-corrected chi connectivity index (χ4v) is 4.11. The minimum atomic E-state index is -3.85. The molecule has 0 radical (unpaired) electrons. The number of amides is 1. The maximum Gasteiger partial charge on any atom is 0.271 e. The van der Waals surface area contributed by atoms with Crippen LogP contribution in [0.1, 0.15) is 21.5 Å². The van der Waals surface area contributed by atoms with Crippen molar-refractivity contribution < 1.29 is 18.1 Å². The molecular weight excluding hydrogens is 442 g/mol. The van der Waals surface area contributed by atoms with Crippen LogP contribution in [0.15, 0.2) is 65.6 Å². The number of hydrogen-bond acceptors (Lipinski definition) is 5. The Labute approximate surface area is 184 Å². The Morgan fingerprint density at radius 2 is 1.68 bits per heavy atom. The van der Waals surface area contributed by atoms with Crippen LogP contribution in [0.4, 0.5) is 17.1 Å². The van der Waals surface area contributed by atoms with Crippen LogP contribution in [0.25, 0.3) is 0 Å². The molecule has 0 atom stereocenters. The number of anilines is 2. The number of carbonyl (C=O) groups is 1. The van der Waals surface area contributed by atoms with Crippen molar-refractivity contribution in [1.82, 2.24) is 0 Å². The lowest BCUT2D eigenvalue weighted by Crippen LogP contribution is -2.17. The van der Waals surface area contributed by atoms with Gasteiger partial charge in [0, 0.05) is 17.7 Å². The lowest BCUT2D eigenvalue weighted by atomic mass is 10.1. The molecule has 0 bridgehead atoms. The molecule has 0 aromatic heterocycles. The molecule has 0 heterocycles. The van der Waals surface area contributed by atoms with Crippen LogP contribution >= 0.6 is 11.6 Å². The van der Waals surface area contributed by atoms with Crippen molar-refractivity contribution in [2.45, 2.75) is 18.7 Å². The third kappa shape index (κ3) is 5.01. The smallest absolute Gasteiger partial charge is 0.271 e. The highest BCUT2D eigenvalue weighted by molar-refractivity contribution is 7.92. The summed E-state index contributed by atoms with van der Waals surface area (Å²) in [5.41, 5.74) is 1.58. The third-order valence-corrected chi connectivity index (χ3v) is 6.27. The molecule has 0 aliphatic rings. The van der Waals surface area contributed by atoms with E-state index in [1.165, 1.54) is 42.5 Å². The molecule has 0 saturated carbocycles. The molecule has 3 rings (SSSR count). The standard InChI is InChI=1S/C21H18ClN3O5S/c1-13-6-9-16(10-7-13)31(29,30)24-19-5-3-4-17(14(19)2)21(26)23-20-12-15(25(27)28)8-11-18(20)22/h3-12,24H,1-2H3,(H,23,26). The molecule has 0 aliphatic heterocycles. The van der Waals surface area contributed by atoms with Gasteiger partial charge in [0.1, 0.15) is 0 Å². The average Bonchev–Trinajstić information content (AvgIpc) is 2.71. The monoisotopic (exact) mass is 459 g/mol. The highest BCUT2D eigenvalue weighted by Gasteiger charge is 2.19. The Morgan fingerprint density at radius 1 is 1.00 bits per heavy atom. The molecule has 8 nitrogen and oxygen atoms in total.